The number of aliphatic hydroxyl groups is 1. The summed E-state index contributed by atoms with van der Waals surface area (Å²) in [7, 11) is -3.19. The van der Waals surface area contributed by atoms with Crippen LogP contribution in [0.3, 0.4) is 0 Å². The highest BCUT2D eigenvalue weighted by Gasteiger charge is 2.17. The summed E-state index contributed by atoms with van der Waals surface area (Å²) >= 11 is 0. The molecule has 4 nitrogen and oxygen atoms in total. The van der Waals surface area contributed by atoms with Crippen LogP contribution in [0.4, 0.5) is 0 Å². The molecular formula is C14H23NO3S. The van der Waals surface area contributed by atoms with Gasteiger partial charge in [0.2, 0.25) is 0 Å². The largest absolute Gasteiger partial charge is 0.391 e. The van der Waals surface area contributed by atoms with E-state index in [4.69, 9.17) is 5.73 Å². The first-order valence-electron chi connectivity index (χ1n) is 6.45. The van der Waals surface area contributed by atoms with Gasteiger partial charge in [-0.3, -0.25) is 0 Å². The lowest BCUT2D eigenvalue weighted by Crippen LogP contribution is -2.26. The quantitative estimate of drug-likeness (QED) is 0.836. The van der Waals surface area contributed by atoms with Crippen LogP contribution in [0.15, 0.2) is 29.2 Å². The Labute approximate surface area is 115 Å². The molecule has 0 spiro atoms. The predicted molar refractivity (Wildman–Crippen MR) is 76.6 cm³/mol. The van der Waals surface area contributed by atoms with Gasteiger partial charge in [-0.25, -0.2) is 8.42 Å². The summed E-state index contributed by atoms with van der Waals surface area (Å²) in [5.41, 5.74) is 6.74. The highest BCUT2D eigenvalue weighted by molar-refractivity contribution is 7.90. The lowest BCUT2D eigenvalue weighted by molar-refractivity contribution is 0.128. The Kier molecular flexibility index (Phi) is 5.52. The smallest absolute Gasteiger partial charge is 0.175 e. The van der Waals surface area contributed by atoms with Gasteiger partial charge in [-0.05, 0) is 36.5 Å². The molecule has 0 aliphatic rings. The van der Waals surface area contributed by atoms with Gasteiger partial charge in [0.15, 0.2) is 9.84 Å². The number of rotatable bonds is 6. The second-order valence-corrected chi connectivity index (χ2v) is 7.42. The van der Waals surface area contributed by atoms with Gasteiger partial charge in [0.25, 0.3) is 0 Å². The third kappa shape index (κ3) is 4.93. The van der Waals surface area contributed by atoms with Crippen LogP contribution in [0.5, 0.6) is 0 Å². The molecule has 0 aromatic heterocycles. The van der Waals surface area contributed by atoms with Gasteiger partial charge in [-0.1, -0.05) is 26.0 Å². The molecular weight excluding hydrogens is 262 g/mol. The van der Waals surface area contributed by atoms with Gasteiger partial charge < -0.3 is 10.8 Å². The first-order chi connectivity index (χ1) is 8.71. The number of sulfone groups is 1. The van der Waals surface area contributed by atoms with E-state index in [1.54, 1.807) is 12.1 Å². The molecule has 0 aliphatic carbocycles. The minimum Gasteiger partial charge on any atom is -0.391 e. The topological polar surface area (TPSA) is 80.4 Å². The van der Waals surface area contributed by atoms with Gasteiger partial charge in [0.1, 0.15) is 0 Å². The van der Waals surface area contributed by atoms with Crippen molar-refractivity contribution < 1.29 is 13.5 Å². The van der Waals surface area contributed by atoms with Crippen molar-refractivity contribution in [2.24, 2.45) is 11.7 Å². The number of hydrogen-bond donors (Lipinski definition) is 2. The predicted octanol–water partition coefficient (Wildman–Crippen LogP) is 1.89. The summed E-state index contributed by atoms with van der Waals surface area (Å²) in [6.07, 6.45) is 2.12. The highest BCUT2D eigenvalue weighted by Crippen LogP contribution is 2.21. The fourth-order valence-electron chi connectivity index (χ4n) is 1.84. The minimum atomic E-state index is -3.19. The van der Waals surface area contributed by atoms with Crippen LogP contribution in [0.1, 0.15) is 38.3 Å². The fraction of sp³-hybridized carbons (Fsp3) is 0.571. The summed E-state index contributed by atoms with van der Waals surface area (Å²) in [6, 6.07) is 5.91. The standard InChI is InChI=1S/C14H23NO3S/c1-10(2)4-9-13(16)14(15)11-5-7-12(8-6-11)19(3,17)18/h5-8,10,13-14,16H,4,9,15H2,1-3H3/t13-,14+/m0/s1. The lowest BCUT2D eigenvalue weighted by Gasteiger charge is -2.20. The molecule has 0 aliphatic heterocycles. The zero-order valence-electron chi connectivity index (χ0n) is 11.7. The Hall–Kier alpha value is -0.910. The number of aliphatic hydroxyl groups excluding tert-OH is 1. The molecule has 0 saturated heterocycles. The Bertz CT molecular complexity index is 494. The lowest BCUT2D eigenvalue weighted by atomic mass is 9.96. The Morgan fingerprint density at radius 3 is 2.11 bits per heavy atom. The molecule has 0 amide bonds. The van der Waals surface area contributed by atoms with Gasteiger partial charge >= 0.3 is 0 Å². The molecule has 0 unspecified atom stereocenters. The Morgan fingerprint density at radius 2 is 1.68 bits per heavy atom. The van der Waals surface area contributed by atoms with E-state index < -0.39 is 22.0 Å². The van der Waals surface area contributed by atoms with Crippen molar-refractivity contribution in [1.29, 1.82) is 0 Å². The highest BCUT2D eigenvalue weighted by atomic mass is 32.2. The van der Waals surface area contributed by atoms with Crippen molar-refractivity contribution in [2.75, 3.05) is 6.26 Å². The molecule has 108 valence electrons. The third-order valence-corrected chi connectivity index (χ3v) is 4.28. The minimum absolute atomic E-state index is 0.264. The third-order valence-electron chi connectivity index (χ3n) is 3.15. The van der Waals surface area contributed by atoms with E-state index in [1.807, 2.05) is 0 Å². The second-order valence-electron chi connectivity index (χ2n) is 5.41. The van der Waals surface area contributed by atoms with E-state index in [-0.39, 0.29) is 4.90 Å². The summed E-state index contributed by atoms with van der Waals surface area (Å²) < 4.78 is 22.7. The number of nitrogens with two attached hydrogens (primary N) is 1. The summed E-state index contributed by atoms with van der Waals surface area (Å²) in [5, 5.41) is 10.0. The number of hydrogen-bond acceptors (Lipinski definition) is 4. The summed E-state index contributed by atoms with van der Waals surface area (Å²) in [6.45, 7) is 4.19. The van der Waals surface area contributed by atoms with Crippen LogP contribution in [-0.4, -0.2) is 25.9 Å². The molecule has 5 heteroatoms. The van der Waals surface area contributed by atoms with Crippen molar-refractivity contribution in [3.05, 3.63) is 29.8 Å². The molecule has 0 heterocycles. The monoisotopic (exact) mass is 285 g/mol. The van der Waals surface area contributed by atoms with Gasteiger partial charge in [-0.15, -0.1) is 0 Å². The van der Waals surface area contributed by atoms with E-state index in [0.717, 1.165) is 12.0 Å². The maximum atomic E-state index is 11.3. The molecule has 3 N–H and O–H groups in total. The molecule has 0 bridgehead atoms. The molecule has 1 aromatic carbocycles. The average Bonchev–Trinajstić information content (AvgIpc) is 2.34. The van der Waals surface area contributed by atoms with Crippen molar-refractivity contribution >= 4 is 9.84 Å². The van der Waals surface area contributed by atoms with Gasteiger partial charge in [-0.2, -0.15) is 0 Å². The molecule has 1 rings (SSSR count). The zero-order valence-corrected chi connectivity index (χ0v) is 12.5. The fourth-order valence-corrected chi connectivity index (χ4v) is 2.47. The SMILES string of the molecule is CC(C)CC[C@H](O)[C@H](N)c1ccc(S(C)(=O)=O)cc1. The molecule has 1 aromatic rings. The Balaban J connectivity index is 2.75. The van der Waals surface area contributed by atoms with Crippen LogP contribution < -0.4 is 5.73 Å². The molecule has 0 radical (unpaired) electrons. The Morgan fingerprint density at radius 1 is 1.16 bits per heavy atom. The number of benzene rings is 1. The van der Waals surface area contributed by atoms with E-state index in [0.29, 0.717) is 12.3 Å². The van der Waals surface area contributed by atoms with Crippen molar-refractivity contribution in [3.63, 3.8) is 0 Å². The normalized spacial score (nSPS) is 15.5. The van der Waals surface area contributed by atoms with Crippen molar-refractivity contribution in [1.82, 2.24) is 0 Å². The molecule has 2 atom stereocenters. The van der Waals surface area contributed by atoms with Crippen LogP contribution in [0, 0.1) is 5.92 Å². The first-order valence-corrected chi connectivity index (χ1v) is 8.34. The van der Waals surface area contributed by atoms with Crippen molar-refractivity contribution in [3.8, 4) is 0 Å². The van der Waals surface area contributed by atoms with Crippen molar-refractivity contribution in [2.45, 2.75) is 43.7 Å². The summed E-state index contributed by atoms with van der Waals surface area (Å²) in [4.78, 5) is 0.264. The van der Waals surface area contributed by atoms with Gasteiger partial charge in [0, 0.05) is 6.26 Å². The summed E-state index contributed by atoms with van der Waals surface area (Å²) in [5.74, 6) is 0.523. The van der Waals surface area contributed by atoms with Crippen LogP contribution >= 0.6 is 0 Å². The van der Waals surface area contributed by atoms with Crippen LogP contribution in [-0.2, 0) is 9.84 Å². The maximum absolute atomic E-state index is 11.3. The second kappa shape index (κ2) is 6.50. The van der Waals surface area contributed by atoms with E-state index in [1.165, 1.54) is 18.4 Å². The molecule has 0 saturated carbocycles. The van der Waals surface area contributed by atoms with Gasteiger partial charge in [0.05, 0.1) is 17.0 Å². The molecule has 19 heavy (non-hydrogen) atoms. The van der Waals surface area contributed by atoms with Crippen LogP contribution in [0.25, 0.3) is 0 Å². The zero-order chi connectivity index (χ0) is 14.6. The molecule has 0 fully saturated rings. The van der Waals surface area contributed by atoms with Crippen LogP contribution in [0.2, 0.25) is 0 Å². The average molecular weight is 285 g/mol. The van der Waals surface area contributed by atoms with E-state index in [2.05, 4.69) is 13.8 Å². The van der Waals surface area contributed by atoms with E-state index >= 15 is 0 Å². The maximum Gasteiger partial charge on any atom is 0.175 e. The van der Waals surface area contributed by atoms with E-state index in [9.17, 15) is 13.5 Å². The first kappa shape index (κ1) is 16.1.